The van der Waals surface area contributed by atoms with Crippen LogP contribution in [0.15, 0.2) is 55.1 Å². The van der Waals surface area contributed by atoms with Crippen molar-refractivity contribution in [3.8, 4) is 17.3 Å². The molecular formula is C21H18FN7. The van der Waals surface area contributed by atoms with Crippen LogP contribution in [0, 0.1) is 24.1 Å². The molecule has 0 amide bonds. The van der Waals surface area contributed by atoms with Gasteiger partial charge in [-0.1, -0.05) is 6.07 Å². The maximum atomic E-state index is 13.8. The highest BCUT2D eigenvalue weighted by Gasteiger charge is 2.11. The second-order valence-corrected chi connectivity index (χ2v) is 6.49. The summed E-state index contributed by atoms with van der Waals surface area (Å²) in [5.74, 6) is 1.01. The molecule has 144 valence electrons. The minimum atomic E-state index is -0.299. The van der Waals surface area contributed by atoms with Crippen LogP contribution < -0.4 is 10.6 Å². The molecule has 0 saturated carbocycles. The minimum Gasteiger partial charge on any atom is -0.368 e. The highest BCUT2D eigenvalue weighted by atomic mass is 19.1. The Labute approximate surface area is 166 Å². The van der Waals surface area contributed by atoms with E-state index in [0.717, 1.165) is 11.1 Å². The summed E-state index contributed by atoms with van der Waals surface area (Å²) in [6.45, 7) is 3.09. The summed E-state index contributed by atoms with van der Waals surface area (Å²) in [5, 5.41) is 15.3. The van der Waals surface area contributed by atoms with Crippen molar-refractivity contribution in [3.05, 3.63) is 72.1 Å². The Kier molecular flexibility index (Phi) is 5.03. The number of aryl methyl sites for hydroxylation is 1. The largest absolute Gasteiger partial charge is 0.368 e. The van der Waals surface area contributed by atoms with Crippen LogP contribution in [0.2, 0.25) is 0 Å². The fraction of sp³-hybridized carbons (Fsp3) is 0.143. The molecule has 0 unspecified atom stereocenters. The number of pyridine rings is 1. The Bertz CT molecular complexity index is 1190. The standard InChI is InChI=1S/C21H18FN7/c1-14-2-4-16(22)10-17(14)18-13-29-9-8-26-21(29)20(28-18)25-7-6-24-19-5-3-15(11-23)12-27-19/h2-5,8-10,12-13H,6-7H2,1H3,(H,24,27)(H,25,28). The third-order valence-electron chi connectivity index (χ3n) is 4.47. The molecule has 0 radical (unpaired) electrons. The summed E-state index contributed by atoms with van der Waals surface area (Å²) in [6.07, 6.45) is 6.90. The molecule has 0 aliphatic heterocycles. The van der Waals surface area contributed by atoms with E-state index in [1.807, 2.05) is 29.8 Å². The Morgan fingerprint density at radius 2 is 2.00 bits per heavy atom. The Morgan fingerprint density at radius 1 is 1.14 bits per heavy atom. The minimum absolute atomic E-state index is 0.299. The van der Waals surface area contributed by atoms with E-state index in [2.05, 4.69) is 25.6 Å². The number of nitrogens with zero attached hydrogens (tertiary/aromatic N) is 5. The van der Waals surface area contributed by atoms with E-state index in [4.69, 9.17) is 5.26 Å². The molecule has 2 N–H and O–H groups in total. The van der Waals surface area contributed by atoms with Gasteiger partial charge in [-0.15, -0.1) is 0 Å². The molecule has 4 rings (SSSR count). The number of hydrogen-bond donors (Lipinski definition) is 2. The Morgan fingerprint density at radius 3 is 2.79 bits per heavy atom. The van der Waals surface area contributed by atoms with Gasteiger partial charge in [0.25, 0.3) is 0 Å². The van der Waals surface area contributed by atoms with Crippen LogP contribution in [0.25, 0.3) is 16.9 Å². The molecule has 0 aliphatic rings. The van der Waals surface area contributed by atoms with E-state index in [0.29, 0.717) is 41.6 Å². The first-order chi connectivity index (χ1) is 14.1. The normalized spacial score (nSPS) is 10.7. The van der Waals surface area contributed by atoms with Gasteiger partial charge in [0, 0.05) is 43.4 Å². The highest BCUT2D eigenvalue weighted by molar-refractivity contribution is 5.70. The summed E-state index contributed by atoms with van der Waals surface area (Å²) in [7, 11) is 0. The van der Waals surface area contributed by atoms with Crippen LogP contribution in [0.4, 0.5) is 16.0 Å². The molecule has 3 heterocycles. The molecule has 0 fully saturated rings. The molecule has 4 aromatic rings. The van der Waals surface area contributed by atoms with Crippen molar-refractivity contribution in [2.45, 2.75) is 6.92 Å². The van der Waals surface area contributed by atoms with Gasteiger partial charge in [0.1, 0.15) is 17.7 Å². The van der Waals surface area contributed by atoms with Crippen molar-refractivity contribution in [1.82, 2.24) is 19.4 Å². The first-order valence-electron chi connectivity index (χ1n) is 9.08. The average Bonchev–Trinajstić information content (AvgIpc) is 3.22. The van der Waals surface area contributed by atoms with E-state index in [9.17, 15) is 4.39 Å². The monoisotopic (exact) mass is 387 g/mol. The molecule has 8 heteroatoms. The SMILES string of the molecule is Cc1ccc(F)cc1-c1cn2ccnc2c(NCCNc2ccc(C#N)cn2)n1. The number of nitrogens with one attached hydrogen (secondary N) is 2. The fourth-order valence-electron chi connectivity index (χ4n) is 2.99. The molecule has 7 nitrogen and oxygen atoms in total. The van der Waals surface area contributed by atoms with Gasteiger partial charge < -0.3 is 15.0 Å². The molecule has 1 aromatic carbocycles. The van der Waals surface area contributed by atoms with E-state index < -0.39 is 0 Å². The number of hydrogen-bond acceptors (Lipinski definition) is 6. The molecular weight excluding hydrogens is 369 g/mol. The van der Waals surface area contributed by atoms with Gasteiger partial charge in [0.2, 0.25) is 0 Å². The molecule has 0 spiro atoms. The number of fused-ring (bicyclic) bond motifs is 1. The van der Waals surface area contributed by atoms with Crippen LogP contribution >= 0.6 is 0 Å². The van der Waals surface area contributed by atoms with Gasteiger partial charge in [-0.25, -0.2) is 19.3 Å². The van der Waals surface area contributed by atoms with Gasteiger partial charge >= 0.3 is 0 Å². The second kappa shape index (κ2) is 7.94. The predicted octanol–water partition coefficient (Wildman–Crippen LogP) is 3.63. The smallest absolute Gasteiger partial charge is 0.180 e. The lowest BCUT2D eigenvalue weighted by atomic mass is 10.1. The zero-order chi connectivity index (χ0) is 20.2. The van der Waals surface area contributed by atoms with Crippen LogP contribution in [0.5, 0.6) is 0 Å². The summed E-state index contributed by atoms with van der Waals surface area (Å²) < 4.78 is 15.6. The third-order valence-corrected chi connectivity index (χ3v) is 4.47. The maximum Gasteiger partial charge on any atom is 0.180 e. The Balaban J connectivity index is 1.51. The lowest BCUT2D eigenvalue weighted by Crippen LogP contribution is -2.16. The lowest BCUT2D eigenvalue weighted by molar-refractivity contribution is 0.628. The first kappa shape index (κ1) is 18.4. The molecule has 29 heavy (non-hydrogen) atoms. The highest BCUT2D eigenvalue weighted by Crippen LogP contribution is 2.25. The van der Waals surface area contributed by atoms with Gasteiger partial charge in [-0.05, 0) is 36.8 Å². The molecule has 0 aliphatic carbocycles. The van der Waals surface area contributed by atoms with Crippen LogP contribution in [-0.4, -0.2) is 32.4 Å². The number of anilines is 2. The predicted molar refractivity (Wildman–Crippen MR) is 109 cm³/mol. The number of aromatic nitrogens is 4. The van der Waals surface area contributed by atoms with Gasteiger partial charge in [-0.2, -0.15) is 5.26 Å². The summed E-state index contributed by atoms with van der Waals surface area (Å²) in [4.78, 5) is 13.2. The number of nitriles is 1. The number of imidazole rings is 1. The van der Waals surface area contributed by atoms with Crippen molar-refractivity contribution in [2.24, 2.45) is 0 Å². The van der Waals surface area contributed by atoms with Crippen molar-refractivity contribution < 1.29 is 4.39 Å². The van der Waals surface area contributed by atoms with E-state index in [1.54, 1.807) is 24.4 Å². The van der Waals surface area contributed by atoms with Crippen molar-refractivity contribution in [1.29, 1.82) is 5.26 Å². The fourth-order valence-corrected chi connectivity index (χ4v) is 2.99. The number of benzene rings is 1. The van der Waals surface area contributed by atoms with Crippen LogP contribution in [-0.2, 0) is 0 Å². The van der Waals surface area contributed by atoms with Gasteiger partial charge in [0.15, 0.2) is 11.5 Å². The average molecular weight is 387 g/mol. The van der Waals surface area contributed by atoms with Gasteiger partial charge in [0.05, 0.1) is 11.3 Å². The lowest BCUT2D eigenvalue weighted by Gasteiger charge is -2.12. The zero-order valence-corrected chi connectivity index (χ0v) is 15.7. The summed E-state index contributed by atoms with van der Waals surface area (Å²) in [5.41, 5.74) is 3.56. The molecule has 0 atom stereocenters. The van der Waals surface area contributed by atoms with E-state index >= 15 is 0 Å². The first-order valence-corrected chi connectivity index (χ1v) is 9.08. The summed E-state index contributed by atoms with van der Waals surface area (Å²) >= 11 is 0. The van der Waals surface area contributed by atoms with Crippen molar-refractivity contribution in [2.75, 3.05) is 23.7 Å². The molecule has 3 aromatic heterocycles. The van der Waals surface area contributed by atoms with Crippen molar-refractivity contribution in [3.63, 3.8) is 0 Å². The summed E-state index contributed by atoms with van der Waals surface area (Å²) in [6, 6.07) is 10.2. The third kappa shape index (κ3) is 3.99. The number of halogens is 1. The number of rotatable bonds is 6. The van der Waals surface area contributed by atoms with Gasteiger partial charge in [-0.3, -0.25) is 0 Å². The quantitative estimate of drug-likeness (QED) is 0.491. The molecule has 0 bridgehead atoms. The zero-order valence-electron chi connectivity index (χ0n) is 15.7. The topological polar surface area (TPSA) is 90.9 Å². The van der Waals surface area contributed by atoms with E-state index in [-0.39, 0.29) is 5.82 Å². The van der Waals surface area contributed by atoms with Crippen LogP contribution in [0.3, 0.4) is 0 Å². The molecule has 0 saturated heterocycles. The van der Waals surface area contributed by atoms with Crippen LogP contribution in [0.1, 0.15) is 11.1 Å². The second-order valence-electron chi connectivity index (χ2n) is 6.49. The van der Waals surface area contributed by atoms with Crippen molar-refractivity contribution >= 4 is 17.3 Å². The maximum absolute atomic E-state index is 13.8. The Hall–Kier alpha value is -3.99. The van der Waals surface area contributed by atoms with E-state index in [1.165, 1.54) is 18.3 Å².